The Hall–Kier alpha value is -2.28. The summed E-state index contributed by atoms with van der Waals surface area (Å²) in [6.45, 7) is 4.11. The fourth-order valence-corrected chi connectivity index (χ4v) is 3.64. The Morgan fingerprint density at radius 1 is 1.42 bits per heavy atom. The Labute approximate surface area is 145 Å². The Kier molecular flexibility index (Phi) is 4.89. The van der Waals surface area contributed by atoms with Crippen molar-refractivity contribution in [3.63, 3.8) is 0 Å². The Bertz CT molecular complexity index is 759. The highest BCUT2D eigenvalue weighted by Gasteiger charge is 2.29. The normalized spacial score (nSPS) is 17.8. The Morgan fingerprint density at radius 3 is 3.00 bits per heavy atom. The standard InChI is InChI=1S/C17H20N4O2S/c1-3-11(2)21-15(8-9-18-21)20-16(22)10-14-17(23)19-12-6-4-5-7-13(12)24-14/h4-9,11,14H,3,10H2,1-2H3,(H,19,23)(H,20,22)/t11-,14+/m1/s1. The van der Waals surface area contributed by atoms with Crippen LogP contribution in [-0.2, 0) is 9.59 Å². The summed E-state index contributed by atoms with van der Waals surface area (Å²) in [4.78, 5) is 25.5. The lowest BCUT2D eigenvalue weighted by atomic mass is 10.2. The van der Waals surface area contributed by atoms with Gasteiger partial charge in [-0.25, -0.2) is 4.68 Å². The smallest absolute Gasteiger partial charge is 0.238 e. The van der Waals surface area contributed by atoms with Gasteiger partial charge in [0.1, 0.15) is 5.82 Å². The maximum absolute atomic E-state index is 12.4. The minimum atomic E-state index is -0.431. The first-order chi connectivity index (χ1) is 11.6. The van der Waals surface area contributed by atoms with Crippen molar-refractivity contribution in [1.82, 2.24) is 9.78 Å². The monoisotopic (exact) mass is 344 g/mol. The first-order valence-electron chi connectivity index (χ1n) is 7.98. The number of benzene rings is 1. The van der Waals surface area contributed by atoms with Gasteiger partial charge >= 0.3 is 0 Å². The van der Waals surface area contributed by atoms with Crippen LogP contribution in [0.2, 0.25) is 0 Å². The summed E-state index contributed by atoms with van der Waals surface area (Å²) in [5.41, 5.74) is 0.805. The van der Waals surface area contributed by atoms with E-state index < -0.39 is 5.25 Å². The number of carbonyl (C=O) groups excluding carboxylic acids is 2. The zero-order chi connectivity index (χ0) is 17.1. The van der Waals surface area contributed by atoms with Gasteiger partial charge in [-0.3, -0.25) is 9.59 Å². The molecule has 2 N–H and O–H groups in total. The molecule has 2 heterocycles. The molecule has 126 valence electrons. The highest BCUT2D eigenvalue weighted by molar-refractivity contribution is 8.01. The molecule has 1 aromatic heterocycles. The number of amides is 2. The Balaban J connectivity index is 1.66. The number of hydrogen-bond donors (Lipinski definition) is 2. The van der Waals surface area contributed by atoms with Crippen molar-refractivity contribution in [2.45, 2.75) is 42.9 Å². The van der Waals surface area contributed by atoms with Crippen LogP contribution >= 0.6 is 11.8 Å². The number of aromatic nitrogens is 2. The molecule has 0 fully saturated rings. The van der Waals surface area contributed by atoms with E-state index in [1.165, 1.54) is 11.8 Å². The molecule has 0 radical (unpaired) electrons. The molecule has 0 saturated heterocycles. The van der Waals surface area contributed by atoms with Gasteiger partial charge in [-0.1, -0.05) is 19.1 Å². The predicted molar refractivity (Wildman–Crippen MR) is 95.2 cm³/mol. The number of hydrogen-bond acceptors (Lipinski definition) is 4. The molecule has 1 aromatic carbocycles. The molecule has 0 saturated carbocycles. The fourth-order valence-electron chi connectivity index (χ4n) is 2.53. The summed E-state index contributed by atoms with van der Waals surface area (Å²) in [5.74, 6) is 0.340. The zero-order valence-electron chi connectivity index (χ0n) is 13.7. The van der Waals surface area contributed by atoms with Gasteiger partial charge in [-0.2, -0.15) is 5.10 Å². The lowest BCUT2D eigenvalue weighted by molar-refractivity contribution is -0.120. The van der Waals surface area contributed by atoms with Gasteiger partial charge in [-0.05, 0) is 25.5 Å². The van der Waals surface area contributed by atoms with Gasteiger partial charge in [0, 0.05) is 17.4 Å². The largest absolute Gasteiger partial charge is 0.324 e. The maximum Gasteiger partial charge on any atom is 0.238 e. The first kappa shape index (κ1) is 16.6. The van der Waals surface area contributed by atoms with Crippen molar-refractivity contribution in [2.75, 3.05) is 10.6 Å². The van der Waals surface area contributed by atoms with E-state index in [1.807, 2.05) is 31.2 Å². The average molecular weight is 344 g/mol. The summed E-state index contributed by atoms with van der Waals surface area (Å²) in [6.07, 6.45) is 2.71. The number of thioether (sulfide) groups is 1. The molecule has 0 unspecified atom stereocenters. The van der Waals surface area contributed by atoms with Crippen LogP contribution in [0.5, 0.6) is 0 Å². The highest BCUT2D eigenvalue weighted by atomic mass is 32.2. The van der Waals surface area contributed by atoms with Crippen molar-refractivity contribution in [1.29, 1.82) is 0 Å². The van der Waals surface area contributed by atoms with Crippen LogP contribution in [0.1, 0.15) is 32.7 Å². The summed E-state index contributed by atoms with van der Waals surface area (Å²) >= 11 is 1.43. The third kappa shape index (κ3) is 3.46. The minimum absolute atomic E-state index is 0.122. The lowest BCUT2D eigenvalue weighted by Gasteiger charge is -2.23. The SMILES string of the molecule is CC[C@@H](C)n1nccc1NC(=O)C[C@@H]1Sc2ccccc2NC1=O. The van der Waals surface area contributed by atoms with Crippen LogP contribution in [0.4, 0.5) is 11.5 Å². The zero-order valence-corrected chi connectivity index (χ0v) is 14.5. The van der Waals surface area contributed by atoms with Crippen LogP contribution in [-0.4, -0.2) is 26.8 Å². The van der Waals surface area contributed by atoms with Crippen LogP contribution in [0.15, 0.2) is 41.4 Å². The molecule has 2 amide bonds. The van der Waals surface area contributed by atoms with Crippen LogP contribution in [0.3, 0.4) is 0 Å². The van der Waals surface area contributed by atoms with Crippen molar-refractivity contribution in [3.05, 3.63) is 36.5 Å². The fraction of sp³-hybridized carbons (Fsp3) is 0.353. The van der Waals surface area contributed by atoms with Crippen molar-refractivity contribution in [2.24, 2.45) is 0 Å². The number of rotatable bonds is 5. The van der Waals surface area contributed by atoms with Crippen molar-refractivity contribution < 1.29 is 9.59 Å². The molecule has 7 heteroatoms. The topological polar surface area (TPSA) is 76.0 Å². The molecule has 0 bridgehead atoms. The summed E-state index contributed by atoms with van der Waals surface area (Å²) in [6, 6.07) is 9.58. The lowest BCUT2D eigenvalue weighted by Crippen LogP contribution is -2.32. The quantitative estimate of drug-likeness (QED) is 0.872. The van der Waals surface area contributed by atoms with Gasteiger partial charge in [0.15, 0.2) is 0 Å². The molecule has 3 rings (SSSR count). The second-order valence-electron chi connectivity index (χ2n) is 5.76. The molecule has 24 heavy (non-hydrogen) atoms. The van der Waals surface area contributed by atoms with Crippen LogP contribution in [0.25, 0.3) is 0 Å². The molecule has 1 aliphatic heterocycles. The van der Waals surface area contributed by atoms with E-state index in [0.717, 1.165) is 17.0 Å². The second-order valence-corrected chi connectivity index (χ2v) is 7.01. The van der Waals surface area contributed by atoms with Crippen LogP contribution < -0.4 is 10.6 Å². The summed E-state index contributed by atoms with van der Waals surface area (Å²) in [7, 11) is 0. The van der Waals surface area contributed by atoms with Crippen molar-refractivity contribution in [3.8, 4) is 0 Å². The molecule has 0 spiro atoms. The number of nitrogens with one attached hydrogen (secondary N) is 2. The average Bonchev–Trinajstić information content (AvgIpc) is 3.02. The van der Waals surface area contributed by atoms with E-state index in [1.54, 1.807) is 16.9 Å². The summed E-state index contributed by atoms with van der Waals surface area (Å²) in [5, 5.41) is 9.54. The van der Waals surface area contributed by atoms with Crippen molar-refractivity contribution >= 4 is 35.1 Å². The summed E-state index contributed by atoms with van der Waals surface area (Å²) < 4.78 is 1.79. The molecule has 6 nitrogen and oxygen atoms in total. The third-order valence-corrected chi connectivity index (χ3v) is 5.30. The van der Waals surface area contributed by atoms with E-state index in [-0.39, 0.29) is 24.3 Å². The van der Waals surface area contributed by atoms with Gasteiger partial charge in [0.25, 0.3) is 0 Å². The van der Waals surface area contributed by atoms with E-state index in [4.69, 9.17) is 0 Å². The van der Waals surface area contributed by atoms with Gasteiger partial charge in [0.2, 0.25) is 11.8 Å². The van der Waals surface area contributed by atoms with E-state index in [2.05, 4.69) is 22.7 Å². The van der Waals surface area contributed by atoms with Gasteiger partial charge < -0.3 is 10.6 Å². The van der Waals surface area contributed by atoms with E-state index >= 15 is 0 Å². The number of anilines is 2. The highest BCUT2D eigenvalue weighted by Crippen LogP contribution is 2.36. The number of fused-ring (bicyclic) bond motifs is 1. The molecule has 1 aliphatic rings. The number of para-hydroxylation sites is 1. The van der Waals surface area contributed by atoms with Gasteiger partial charge in [0.05, 0.1) is 23.2 Å². The molecule has 2 atom stereocenters. The minimum Gasteiger partial charge on any atom is -0.324 e. The second kappa shape index (κ2) is 7.09. The van der Waals surface area contributed by atoms with E-state index in [9.17, 15) is 9.59 Å². The Morgan fingerprint density at radius 2 is 2.21 bits per heavy atom. The predicted octanol–water partition coefficient (Wildman–Crippen LogP) is 3.30. The molecular formula is C17H20N4O2S. The van der Waals surface area contributed by atoms with E-state index in [0.29, 0.717) is 5.82 Å². The molecule has 2 aromatic rings. The van der Waals surface area contributed by atoms with Crippen LogP contribution in [0, 0.1) is 0 Å². The number of carbonyl (C=O) groups is 2. The molecule has 0 aliphatic carbocycles. The molecular weight excluding hydrogens is 324 g/mol. The van der Waals surface area contributed by atoms with Gasteiger partial charge in [-0.15, -0.1) is 11.8 Å². The number of nitrogens with zero attached hydrogens (tertiary/aromatic N) is 2. The first-order valence-corrected chi connectivity index (χ1v) is 8.86. The third-order valence-electron chi connectivity index (χ3n) is 4.02. The maximum atomic E-state index is 12.4.